The number of rotatable bonds is 6. The first-order valence-corrected chi connectivity index (χ1v) is 7.25. The molecule has 0 unspecified atom stereocenters. The van der Waals surface area contributed by atoms with Crippen LogP contribution in [0.15, 0.2) is 18.2 Å². The van der Waals surface area contributed by atoms with Gasteiger partial charge in [-0.2, -0.15) is 0 Å². The first-order valence-electron chi connectivity index (χ1n) is 7.25. The number of carbonyl (C=O) groups excluding carboxylic acids is 1. The minimum Gasteiger partial charge on any atom is -0.363 e. The number of anilines is 1. The van der Waals surface area contributed by atoms with Gasteiger partial charge in [-0.1, -0.05) is 12.1 Å². The number of benzene rings is 1. The Morgan fingerprint density at radius 2 is 2.00 bits per heavy atom. The van der Waals surface area contributed by atoms with Crippen LogP contribution in [0, 0.1) is 5.82 Å². The Kier molecular flexibility index (Phi) is 6.15. The van der Waals surface area contributed by atoms with E-state index in [1.807, 2.05) is 13.0 Å². The maximum atomic E-state index is 14.2. The van der Waals surface area contributed by atoms with Gasteiger partial charge in [0.25, 0.3) is 0 Å². The Bertz CT molecular complexity index is 483. The van der Waals surface area contributed by atoms with Crippen LogP contribution in [0.3, 0.4) is 0 Å². The van der Waals surface area contributed by atoms with Crippen molar-refractivity contribution in [3.63, 3.8) is 0 Å². The Labute approximate surface area is 126 Å². The van der Waals surface area contributed by atoms with Crippen LogP contribution in [-0.4, -0.2) is 31.6 Å². The highest BCUT2D eigenvalue weighted by molar-refractivity contribution is 5.81. The summed E-state index contributed by atoms with van der Waals surface area (Å²) in [5, 5.41) is 6.07. The summed E-state index contributed by atoms with van der Waals surface area (Å²) in [5.74, 6) is -0.423. The van der Waals surface area contributed by atoms with E-state index in [1.54, 1.807) is 18.0 Å². The van der Waals surface area contributed by atoms with E-state index in [4.69, 9.17) is 0 Å². The van der Waals surface area contributed by atoms with Gasteiger partial charge in [0.2, 0.25) is 5.91 Å². The third kappa shape index (κ3) is 5.71. The zero-order valence-corrected chi connectivity index (χ0v) is 13.6. The quantitative estimate of drug-likeness (QED) is 0.846. The molecule has 118 valence electrons. The van der Waals surface area contributed by atoms with Gasteiger partial charge in [0.1, 0.15) is 5.82 Å². The molecule has 0 heterocycles. The number of hydrogen-bond donors (Lipinski definition) is 2. The Hall–Kier alpha value is -1.62. The Morgan fingerprint density at radius 1 is 1.33 bits per heavy atom. The maximum absolute atomic E-state index is 14.2. The molecule has 0 aliphatic carbocycles. The highest BCUT2D eigenvalue weighted by Gasteiger charge is 2.17. The number of nitrogens with zero attached hydrogens (tertiary/aromatic N) is 1. The molecular formula is C16H26FN3O. The number of amides is 1. The fourth-order valence-electron chi connectivity index (χ4n) is 2.04. The number of carbonyl (C=O) groups is 1. The fourth-order valence-corrected chi connectivity index (χ4v) is 2.04. The first kappa shape index (κ1) is 17.4. The normalized spacial score (nSPS) is 11.3. The van der Waals surface area contributed by atoms with Gasteiger partial charge in [-0.05, 0) is 39.3 Å². The summed E-state index contributed by atoms with van der Waals surface area (Å²) in [6, 6.07) is 4.99. The SMILES string of the molecule is CCNC(=O)CN(C)c1c(F)cccc1CNC(C)(C)C. The summed E-state index contributed by atoms with van der Waals surface area (Å²) in [6.07, 6.45) is 0. The van der Waals surface area contributed by atoms with E-state index < -0.39 is 0 Å². The molecule has 1 aromatic carbocycles. The van der Waals surface area contributed by atoms with Gasteiger partial charge in [-0.15, -0.1) is 0 Å². The molecule has 4 nitrogen and oxygen atoms in total. The van der Waals surface area contributed by atoms with E-state index in [0.717, 1.165) is 5.56 Å². The number of halogens is 1. The molecule has 1 rings (SSSR count). The van der Waals surface area contributed by atoms with Crippen LogP contribution in [0.4, 0.5) is 10.1 Å². The summed E-state index contributed by atoms with van der Waals surface area (Å²) in [4.78, 5) is 13.3. The van der Waals surface area contributed by atoms with Crippen molar-refractivity contribution >= 4 is 11.6 Å². The summed E-state index contributed by atoms with van der Waals surface area (Å²) in [6.45, 7) is 9.30. The lowest BCUT2D eigenvalue weighted by Gasteiger charge is -2.25. The van der Waals surface area contributed by atoms with Gasteiger partial charge in [-0.25, -0.2) is 4.39 Å². The minimum absolute atomic E-state index is 0.0538. The molecule has 0 saturated heterocycles. The number of likely N-dealkylation sites (N-methyl/N-ethyl adjacent to an activating group) is 2. The van der Waals surface area contributed by atoms with Crippen molar-refractivity contribution < 1.29 is 9.18 Å². The molecule has 0 aliphatic heterocycles. The monoisotopic (exact) mass is 295 g/mol. The van der Waals surface area contributed by atoms with E-state index in [1.165, 1.54) is 6.07 Å². The van der Waals surface area contributed by atoms with E-state index in [2.05, 4.69) is 31.4 Å². The minimum atomic E-state index is -0.310. The van der Waals surface area contributed by atoms with Crippen LogP contribution in [-0.2, 0) is 11.3 Å². The van der Waals surface area contributed by atoms with Gasteiger partial charge >= 0.3 is 0 Å². The van der Waals surface area contributed by atoms with Gasteiger partial charge in [0.15, 0.2) is 0 Å². The third-order valence-corrected chi connectivity index (χ3v) is 3.02. The largest absolute Gasteiger partial charge is 0.363 e. The van der Waals surface area contributed by atoms with Crippen molar-refractivity contribution in [3.8, 4) is 0 Å². The summed E-state index contributed by atoms with van der Waals surface area (Å²) in [5.41, 5.74) is 1.26. The zero-order chi connectivity index (χ0) is 16.0. The molecule has 0 fully saturated rings. The van der Waals surface area contributed by atoms with Crippen molar-refractivity contribution in [2.75, 3.05) is 25.0 Å². The molecule has 0 aromatic heterocycles. The number of para-hydroxylation sites is 1. The summed E-state index contributed by atoms with van der Waals surface area (Å²) < 4.78 is 14.2. The Balaban J connectivity index is 2.91. The second kappa shape index (κ2) is 7.41. The zero-order valence-electron chi connectivity index (χ0n) is 13.6. The van der Waals surface area contributed by atoms with Crippen molar-refractivity contribution in [2.45, 2.75) is 39.8 Å². The third-order valence-electron chi connectivity index (χ3n) is 3.02. The fraction of sp³-hybridized carbons (Fsp3) is 0.562. The number of hydrogen-bond acceptors (Lipinski definition) is 3. The van der Waals surface area contributed by atoms with Crippen LogP contribution in [0.1, 0.15) is 33.3 Å². The van der Waals surface area contributed by atoms with Crippen LogP contribution < -0.4 is 15.5 Å². The number of nitrogens with one attached hydrogen (secondary N) is 2. The molecule has 0 atom stereocenters. The molecule has 0 radical (unpaired) electrons. The molecule has 0 saturated carbocycles. The van der Waals surface area contributed by atoms with Crippen LogP contribution in [0.25, 0.3) is 0 Å². The second-order valence-electron chi connectivity index (χ2n) is 6.16. The van der Waals surface area contributed by atoms with Gasteiger partial charge < -0.3 is 15.5 Å². The standard InChI is InChI=1S/C16H26FN3O/c1-6-18-14(21)11-20(5)15-12(8-7-9-13(15)17)10-19-16(2,3)4/h7-9,19H,6,10-11H2,1-5H3,(H,18,21). The van der Waals surface area contributed by atoms with Crippen LogP contribution >= 0.6 is 0 Å². The lowest BCUT2D eigenvalue weighted by Crippen LogP contribution is -2.37. The molecular weight excluding hydrogens is 269 g/mol. The highest BCUT2D eigenvalue weighted by atomic mass is 19.1. The molecule has 0 bridgehead atoms. The van der Waals surface area contributed by atoms with Gasteiger partial charge in [-0.3, -0.25) is 4.79 Å². The average molecular weight is 295 g/mol. The molecule has 0 spiro atoms. The van der Waals surface area contributed by atoms with E-state index in [9.17, 15) is 9.18 Å². The Morgan fingerprint density at radius 3 is 2.57 bits per heavy atom. The molecule has 0 aliphatic rings. The molecule has 2 N–H and O–H groups in total. The van der Waals surface area contributed by atoms with Crippen LogP contribution in [0.2, 0.25) is 0 Å². The van der Waals surface area contributed by atoms with Crippen LogP contribution in [0.5, 0.6) is 0 Å². The highest BCUT2D eigenvalue weighted by Crippen LogP contribution is 2.24. The smallest absolute Gasteiger partial charge is 0.239 e. The lowest BCUT2D eigenvalue weighted by atomic mass is 10.1. The maximum Gasteiger partial charge on any atom is 0.239 e. The molecule has 21 heavy (non-hydrogen) atoms. The predicted octanol–water partition coefficient (Wildman–Crippen LogP) is 2.29. The van der Waals surface area contributed by atoms with E-state index in [-0.39, 0.29) is 23.8 Å². The molecule has 1 aromatic rings. The predicted molar refractivity (Wildman–Crippen MR) is 84.9 cm³/mol. The molecule has 5 heteroatoms. The first-order chi connectivity index (χ1) is 9.74. The van der Waals surface area contributed by atoms with E-state index >= 15 is 0 Å². The topological polar surface area (TPSA) is 44.4 Å². The van der Waals surface area contributed by atoms with Gasteiger partial charge in [0, 0.05) is 25.7 Å². The van der Waals surface area contributed by atoms with E-state index in [0.29, 0.717) is 18.8 Å². The summed E-state index contributed by atoms with van der Waals surface area (Å²) in [7, 11) is 1.73. The van der Waals surface area contributed by atoms with Gasteiger partial charge in [0.05, 0.1) is 12.2 Å². The van der Waals surface area contributed by atoms with Crippen molar-refractivity contribution in [1.29, 1.82) is 0 Å². The lowest BCUT2D eigenvalue weighted by molar-refractivity contribution is -0.119. The van der Waals surface area contributed by atoms with Crippen molar-refractivity contribution in [3.05, 3.63) is 29.6 Å². The molecule has 1 amide bonds. The second-order valence-corrected chi connectivity index (χ2v) is 6.16. The van der Waals surface area contributed by atoms with Crippen molar-refractivity contribution in [2.24, 2.45) is 0 Å². The van der Waals surface area contributed by atoms with Crippen molar-refractivity contribution in [1.82, 2.24) is 10.6 Å². The average Bonchev–Trinajstić information content (AvgIpc) is 2.35. The summed E-state index contributed by atoms with van der Waals surface area (Å²) >= 11 is 0.